The molecule has 4 rings (SSSR count). The number of fused-ring (bicyclic) bond motifs is 1. The molecule has 0 bridgehead atoms. The normalized spacial score (nSPS) is 19.2. The van der Waals surface area contributed by atoms with Gasteiger partial charge in [0.2, 0.25) is 0 Å². The lowest BCUT2D eigenvalue weighted by Crippen LogP contribution is -2.41. The summed E-state index contributed by atoms with van der Waals surface area (Å²) in [5.41, 5.74) is 4.53. The van der Waals surface area contributed by atoms with Gasteiger partial charge in [0.05, 0.1) is 6.20 Å². The number of benzene rings is 1. The summed E-state index contributed by atoms with van der Waals surface area (Å²) in [6, 6.07) is 4.60. The van der Waals surface area contributed by atoms with E-state index in [4.69, 9.17) is 16.6 Å². The summed E-state index contributed by atoms with van der Waals surface area (Å²) in [7, 11) is 0. The third-order valence-electron chi connectivity index (χ3n) is 6.26. The average Bonchev–Trinajstić information content (AvgIpc) is 3.12. The van der Waals surface area contributed by atoms with E-state index in [0.717, 1.165) is 41.8 Å². The molecule has 5 nitrogen and oxygen atoms in total. The number of nitrogens with zero attached hydrogens (tertiary/aromatic N) is 3. The molecule has 0 unspecified atom stereocenters. The molecule has 0 spiro atoms. The van der Waals surface area contributed by atoms with Crippen molar-refractivity contribution in [3.8, 4) is 0 Å². The number of amides is 1. The maximum absolute atomic E-state index is 13.4. The Morgan fingerprint density at radius 1 is 1.30 bits per heavy atom. The van der Waals surface area contributed by atoms with E-state index in [0.29, 0.717) is 28.6 Å². The number of aromatic nitrogens is 3. The summed E-state index contributed by atoms with van der Waals surface area (Å²) in [6.45, 7) is 6.06. The Hall–Kier alpha value is -2.47. The molecule has 2 heterocycles. The molecule has 2 atom stereocenters. The van der Waals surface area contributed by atoms with Crippen LogP contribution in [0.1, 0.15) is 65.5 Å². The fraction of sp³-hybridized carbons (Fsp3) is 0.435. The van der Waals surface area contributed by atoms with Crippen molar-refractivity contribution in [3.63, 3.8) is 0 Å². The van der Waals surface area contributed by atoms with E-state index < -0.39 is 0 Å². The monoisotopic (exact) mass is 428 g/mol. The topological polar surface area (TPSA) is 59.3 Å². The van der Waals surface area contributed by atoms with Gasteiger partial charge in [-0.2, -0.15) is 5.10 Å². The molecule has 1 aliphatic rings. The highest BCUT2D eigenvalue weighted by Crippen LogP contribution is 2.26. The number of carbonyl (C=O) groups is 1. The van der Waals surface area contributed by atoms with Crippen LogP contribution in [0, 0.1) is 25.6 Å². The maximum Gasteiger partial charge on any atom is 0.256 e. The third-order valence-corrected chi connectivity index (χ3v) is 6.62. The van der Waals surface area contributed by atoms with Crippen LogP contribution in [0.5, 0.6) is 0 Å². The number of halogens is 2. The highest BCUT2D eigenvalue weighted by atomic mass is 35.5. The second-order valence-corrected chi connectivity index (χ2v) is 8.72. The second-order valence-electron chi connectivity index (χ2n) is 8.31. The zero-order valence-corrected chi connectivity index (χ0v) is 18.3. The van der Waals surface area contributed by atoms with Gasteiger partial charge in [-0.3, -0.25) is 4.79 Å². The van der Waals surface area contributed by atoms with E-state index in [9.17, 15) is 9.18 Å². The highest BCUT2D eigenvalue weighted by Gasteiger charge is 2.25. The minimum atomic E-state index is -0.360. The molecule has 0 radical (unpaired) electrons. The van der Waals surface area contributed by atoms with E-state index >= 15 is 0 Å². The van der Waals surface area contributed by atoms with Crippen LogP contribution < -0.4 is 5.32 Å². The molecule has 0 aliphatic heterocycles. The molecule has 0 saturated heterocycles. The summed E-state index contributed by atoms with van der Waals surface area (Å²) in [5.74, 6) is -0.00167. The molecule has 1 saturated carbocycles. The minimum absolute atomic E-state index is 0.121. The standard InChI is InChI=1S/C23H26ClFN4O/c1-13-6-4-5-7-21(13)28-23(30)19-12-26-29-15(3)18(14(2)27-22(19)29)10-16-8-9-17(25)11-20(16)24/h8-9,11-13,21H,4-7,10H2,1-3H3,(H,28,30)/t13-,21+/m0/s1. The largest absolute Gasteiger partial charge is 0.349 e. The van der Waals surface area contributed by atoms with Crippen molar-refractivity contribution in [2.24, 2.45) is 5.92 Å². The lowest BCUT2D eigenvalue weighted by atomic mass is 9.86. The minimum Gasteiger partial charge on any atom is -0.349 e. The van der Waals surface area contributed by atoms with Crippen LogP contribution >= 0.6 is 11.6 Å². The van der Waals surface area contributed by atoms with Gasteiger partial charge >= 0.3 is 0 Å². The van der Waals surface area contributed by atoms with Crippen LogP contribution in [0.2, 0.25) is 5.02 Å². The zero-order valence-electron chi connectivity index (χ0n) is 17.5. The van der Waals surface area contributed by atoms with E-state index in [1.54, 1.807) is 16.8 Å². The van der Waals surface area contributed by atoms with Crippen LogP contribution in [0.15, 0.2) is 24.4 Å². The van der Waals surface area contributed by atoms with Crippen molar-refractivity contribution in [3.05, 3.63) is 63.3 Å². The molecular weight excluding hydrogens is 403 g/mol. The molecule has 3 aromatic rings. The van der Waals surface area contributed by atoms with Gasteiger partial charge in [0, 0.05) is 28.9 Å². The van der Waals surface area contributed by atoms with Gasteiger partial charge < -0.3 is 5.32 Å². The van der Waals surface area contributed by atoms with Gasteiger partial charge in [-0.25, -0.2) is 13.9 Å². The number of nitrogens with one attached hydrogen (secondary N) is 1. The Morgan fingerprint density at radius 3 is 2.80 bits per heavy atom. The van der Waals surface area contributed by atoms with E-state index in [1.807, 2.05) is 13.8 Å². The average molecular weight is 429 g/mol. The van der Waals surface area contributed by atoms with Crippen molar-refractivity contribution in [2.75, 3.05) is 0 Å². The molecule has 1 amide bonds. The van der Waals surface area contributed by atoms with Crippen LogP contribution in [0.4, 0.5) is 4.39 Å². The number of hydrogen-bond acceptors (Lipinski definition) is 3. The predicted molar refractivity (Wildman–Crippen MR) is 116 cm³/mol. The molecule has 7 heteroatoms. The number of rotatable bonds is 4. The lowest BCUT2D eigenvalue weighted by molar-refractivity contribution is 0.0911. The van der Waals surface area contributed by atoms with E-state index in [2.05, 4.69) is 17.3 Å². The van der Waals surface area contributed by atoms with Crippen LogP contribution in [0.25, 0.3) is 5.65 Å². The molecule has 1 fully saturated rings. The van der Waals surface area contributed by atoms with Crippen molar-refractivity contribution < 1.29 is 9.18 Å². The van der Waals surface area contributed by atoms with Gasteiger partial charge in [-0.05, 0) is 55.9 Å². The molecular formula is C23H26ClFN4O. The van der Waals surface area contributed by atoms with Gasteiger partial charge in [0.25, 0.3) is 5.91 Å². The highest BCUT2D eigenvalue weighted by molar-refractivity contribution is 6.31. The first-order chi connectivity index (χ1) is 14.3. The fourth-order valence-electron chi connectivity index (χ4n) is 4.36. The van der Waals surface area contributed by atoms with Gasteiger partial charge in [0.1, 0.15) is 11.4 Å². The van der Waals surface area contributed by atoms with E-state index in [-0.39, 0.29) is 17.8 Å². The van der Waals surface area contributed by atoms with Crippen LogP contribution in [0.3, 0.4) is 0 Å². The van der Waals surface area contributed by atoms with Crippen molar-refractivity contribution >= 4 is 23.2 Å². The fourth-order valence-corrected chi connectivity index (χ4v) is 4.59. The summed E-state index contributed by atoms with van der Waals surface area (Å²) >= 11 is 6.22. The molecule has 1 N–H and O–H groups in total. The summed E-state index contributed by atoms with van der Waals surface area (Å²) in [6.07, 6.45) is 6.64. The summed E-state index contributed by atoms with van der Waals surface area (Å²) < 4.78 is 15.1. The smallest absolute Gasteiger partial charge is 0.256 e. The quantitative estimate of drug-likeness (QED) is 0.633. The molecule has 1 aliphatic carbocycles. The Labute approximate surface area is 180 Å². The summed E-state index contributed by atoms with van der Waals surface area (Å²) in [5, 5.41) is 8.00. The zero-order chi connectivity index (χ0) is 21.4. The Balaban J connectivity index is 1.65. The SMILES string of the molecule is Cc1nc2c(C(=O)N[C@@H]3CCCC[C@@H]3C)cnn2c(C)c1Cc1ccc(F)cc1Cl. The lowest BCUT2D eigenvalue weighted by Gasteiger charge is -2.29. The summed E-state index contributed by atoms with van der Waals surface area (Å²) in [4.78, 5) is 17.6. The number of carbonyl (C=O) groups excluding carboxylic acids is 1. The molecule has 1 aromatic carbocycles. The van der Waals surface area contributed by atoms with Gasteiger partial charge in [0.15, 0.2) is 5.65 Å². The molecule has 2 aromatic heterocycles. The van der Waals surface area contributed by atoms with E-state index in [1.165, 1.54) is 18.6 Å². The van der Waals surface area contributed by atoms with Crippen LogP contribution in [-0.2, 0) is 6.42 Å². The van der Waals surface area contributed by atoms with Crippen molar-refractivity contribution in [1.82, 2.24) is 19.9 Å². The Kier molecular flexibility index (Phi) is 5.78. The van der Waals surface area contributed by atoms with Gasteiger partial charge in [-0.1, -0.05) is 37.4 Å². The third kappa shape index (κ3) is 3.93. The molecule has 30 heavy (non-hydrogen) atoms. The first-order valence-corrected chi connectivity index (χ1v) is 10.8. The number of aryl methyl sites for hydroxylation is 2. The van der Waals surface area contributed by atoms with Crippen LogP contribution in [-0.4, -0.2) is 26.5 Å². The predicted octanol–water partition coefficient (Wildman–Crippen LogP) is 5.04. The Morgan fingerprint density at radius 2 is 2.07 bits per heavy atom. The first kappa shape index (κ1) is 20.8. The Bertz CT molecular complexity index is 1110. The van der Waals surface area contributed by atoms with Crippen molar-refractivity contribution in [2.45, 2.75) is 58.9 Å². The molecule has 158 valence electrons. The maximum atomic E-state index is 13.4. The number of hydrogen-bond donors (Lipinski definition) is 1. The van der Waals surface area contributed by atoms with Crippen molar-refractivity contribution in [1.29, 1.82) is 0 Å². The first-order valence-electron chi connectivity index (χ1n) is 10.4. The van der Waals surface area contributed by atoms with Gasteiger partial charge in [-0.15, -0.1) is 0 Å². The second kappa shape index (κ2) is 8.34.